The topological polar surface area (TPSA) is 89.6 Å². The van der Waals surface area contributed by atoms with Gasteiger partial charge in [0.15, 0.2) is 0 Å². The van der Waals surface area contributed by atoms with Crippen molar-refractivity contribution in [1.29, 1.82) is 0 Å². The van der Waals surface area contributed by atoms with E-state index >= 15 is 0 Å². The smallest absolute Gasteiger partial charge is 0.356 e. The van der Waals surface area contributed by atoms with E-state index in [2.05, 4.69) is 10.7 Å². The first-order valence-corrected chi connectivity index (χ1v) is 3.80. The van der Waals surface area contributed by atoms with Crippen LogP contribution in [0.2, 0.25) is 0 Å². The molecule has 1 rings (SSSR count). The van der Waals surface area contributed by atoms with Crippen LogP contribution in [-0.4, -0.2) is 17.0 Å². The molecule has 0 aliphatic rings. The molecule has 74 valence electrons. The van der Waals surface area contributed by atoms with Crippen LogP contribution in [0.5, 0.6) is 0 Å². The van der Waals surface area contributed by atoms with Crippen molar-refractivity contribution in [3.05, 3.63) is 34.9 Å². The van der Waals surface area contributed by atoms with Crippen LogP contribution in [0.4, 0.5) is 0 Å². The molecule has 0 amide bonds. The Hall–Kier alpha value is -1.88. The van der Waals surface area contributed by atoms with Gasteiger partial charge in [0.25, 0.3) is 0 Å². The predicted molar refractivity (Wildman–Crippen MR) is 47.7 cm³/mol. The van der Waals surface area contributed by atoms with Gasteiger partial charge in [-0.1, -0.05) is 0 Å². The van der Waals surface area contributed by atoms with Crippen molar-refractivity contribution in [2.45, 2.75) is 6.92 Å². The first kappa shape index (κ1) is 10.2. The van der Waals surface area contributed by atoms with Gasteiger partial charge in [-0.3, -0.25) is 0 Å². The lowest BCUT2D eigenvalue weighted by atomic mass is 10.1. The highest BCUT2D eigenvalue weighted by molar-refractivity contribution is 5.94. The number of carbonyl (C=O) groups excluding carboxylic acids is 1. The van der Waals surface area contributed by atoms with Gasteiger partial charge in [0.2, 0.25) is 0 Å². The van der Waals surface area contributed by atoms with Crippen LogP contribution in [0.3, 0.4) is 0 Å². The summed E-state index contributed by atoms with van der Waals surface area (Å²) in [6.45, 7) is 1.68. The summed E-state index contributed by atoms with van der Waals surface area (Å²) in [5, 5.41) is 8.70. The summed E-state index contributed by atoms with van der Waals surface area (Å²) in [7, 11) is 0. The van der Waals surface area contributed by atoms with Crippen molar-refractivity contribution >= 4 is 11.9 Å². The third-order valence-electron chi connectivity index (χ3n) is 1.67. The molecule has 0 bridgehead atoms. The number of aryl methyl sites for hydroxylation is 1. The number of carboxylic acid groups (broad SMARTS) is 1. The van der Waals surface area contributed by atoms with E-state index in [9.17, 15) is 9.59 Å². The first-order chi connectivity index (χ1) is 6.54. The maximum Gasteiger partial charge on any atom is 0.356 e. The minimum atomic E-state index is -1.10. The first-order valence-electron chi connectivity index (χ1n) is 3.80. The summed E-state index contributed by atoms with van der Waals surface area (Å²) < 4.78 is 0. The third kappa shape index (κ3) is 2.08. The Morgan fingerprint density at radius 2 is 1.86 bits per heavy atom. The summed E-state index contributed by atoms with van der Waals surface area (Å²) >= 11 is 0. The van der Waals surface area contributed by atoms with E-state index in [0.717, 1.165) is 0 Å². The van der Waals surface area contributed by atoms with Gasteiger partial charge in [-0.2, -0.15) is 5.90 Å². The normalized spacial score (nSPS) is 9.57. The van der Waals surface area contributed by atoms with Gasteiger partial charge in [-0.15, -0.1) is 0 Å². The molecule has 0 radical (unpaired) electrons. The number of carboxylic acids is 1. The summed E-state index contributed by atoms with van der Waals surface area (Å²) in [5.41, 5.74) is 0.820. The predicted octanol–water partition coefficient (Wildman–Crippen LogP) is 0.724. The molecule has 5 nitrogen and oxygen atoms in total. The molecule has 1 aromatic rings. The monoisotopic (exact) mass is 195 g/mol. The average molecular weight is 195 g/mol. The molecule has 0 fully saturated rings. The van der Waals surface area contributed by atoms with E-state index in [1.165, 1.54) is 18.2 Å². The highest BCUT2D eigenvalue weighted by Gasteiger charge is 2.11. The maximum atomic E-state index is 11.0. The summed E-state index contributed by atoms with van der Waals surface area (Å²) in [4.78, 5) is 25.6. The number of hydrogen-bond donors (Lipinski definition) is 2. The standard InChI is InChI=1S/C9H9NO4/c1-5-2-6(8(11)12)4-7(3-5)9(13)14-10/h2-4H,10H2,1H3,(H,11,12). The highest BCUT2D eigenvalue weighted by Crippen LogP contribution is 2.10. The van der Waals surface area contributed by atoms with E-state index in [0.29, 0.717) is 5.56 Å². The molecule has 0 saturated carbocycles. The molecule has 3 N–H and O–H groups in total. The Kier molecular flexibility index (Phi) is 2.83. The van der Waals surface area contributed by atoms with E-state index in [-0.39, 0.29) is 11.1 Å². The second-order valence-corrected chi connectivity index (χ2v) is 2.80. The number of rotatable bonds is 2. The van der Waals surface area contributed by atoms with Crippen LogP contribution in [0.1, 0.15) is 26.3 Å². The van der Waals surface area contributed by atoms with Crippen LogP contribution in [-0.2, 0) is 4.84 Å². The van der Waals surface area contributed by atoms with Crippen molar-refractivity contribution in [1.82, 2.24) is 0 Å². The summed E-state index contributed by atoms with van der Waals surface area (Å²) in [6.07, 6.45) is 0. The minimum Gasteiger partial charge on any atom is -0.478 e. The second-order valence-electron chi connectivity index (χ2n) is 2.80. The van der Waals surface area contributed by atoms with Crippen LogP contribution in [0.25, 0.3) is 0 Å². The lowest BCUT2D eigenvalue weighted by Crippen LogP contribution is -2.11. The highest BCUT2D eigenvalue weighted by atomic mass is 16.7. The zero-order chi connectivity index (χ0) is 10.7. The van der Waals surface area contributed by atoms with Crippen LogP contribution in [0, 0.1) is 6.92 Å². The van der Waals surface area contributed by atoms with Crippen molar-refractivity contribution in [3.8, 4) is 0 Å². The minimum absolute atomic E-state index is 0.0328. The van der Waals surface area contributed by atoms with Gasteiger partial charge in [-0.25, -0.2) is 9.59 Å². The molecule has 0 heterocycles. The second kappa shape index (κ2) is 3.89. The largest absolute Gasteiger partial charge is 0.478 e. The van der Waals surface area contributed by atoms with E-state index in [4.69, 9.17) is 5.11 Å². The Morgan fingerprint density at radius 3 is 2.36 bits per heavy atom. The van der Waals surface area contributed by atoms with Crippen molar-refractivity contribution in [2.75, 3.05) is 0 Å². The van der Waals surface area contributed by atoms with Crippen LogP contribution in [0.15, 0.2) is 18.2 Å². The van der Waals surface area contributed by atoms with Crippen molar-refractivity contribution < 1.29 is 19.5 Å². The zero-order valence-corrected chi connectivity index (χ0v) is 7.48. The lowest BCUT2D eigenvalue weighted by Gasteiger charge is -2.02. The lowest BCUT2D eigenvalue weighted by molar-refractivity contribution is 0.0503. The molecule has 0 aromatic heterocycles. The molecule has 0 spiro atoms. The zero-order valence-electron chi connectivity index (χ0n) is 7.48. The van der Waals surface area contributed by atoms with Gasteiger partial charge >= 0.3 is 11.9 Å². The fraction of sp³-hybridized carbons (Fsp3) is 0.111. The van der Waals surface area contributed by atoms with Gasteiger partial charge < -0.3 is 9.94 Å². The molecule has 0 aliphatic carbocycles. The summed E-state index contributed by atoms with van der Waals surface area (Å²) in [6, 6.07) is 4.17. The fourth-order valence-corrected chi connectivity index (χ4v) is 1.09. The van der Waals surface area contributed by atoms with Crippen molar-refractivity contribution in [3.63, 3.8) is 0 Å². The molecular formula is C9H9NO4. The SMILES string of the molecule is Cc1cc(C(=O)O)cc(C(=O)ON)c1. The Morgan fingerprint density at radius 1 is 1.29 bits per heavy atom. The Labute approximate surface area is 80.1 Å². The molecule has 0 aliphatic heterocycles. The molecular weight excluding hydrogens is 186 g/mol. The average Bonchev–Trinajstić information content (AvgIpc) is 2.15. The van der Waals surface area contributed by atoms with Gasteiger partial charge in [-0.05, 0) is 30.7 Å². The number of hydrogen-bond acceptors (Lipinski definition) is 4. The number of nitrogens with two attached hydrogens (primary N) is 1. The molecule has 0 unspecified atom stereocenters. The maximum absolute atomic E-state index is 11.0. The van der Waals surface area contributed by atoms with Gasteiger partial charge in [0, 0.05) is 0 Å². The van der Waals surface area contributed by atoms with E-state index < -0.39 is 11.9 Å². The van der Waals surface area contributed by atoms with Crippen LogP contribution < -0.4 is 5.90 Å². The van der Waals surface area contributed by atoms with Gasteiger partial charge in [0.05, 0.1) is 11.1 Å². The molecule has 0 atom stereocenters. The van der Waals surface area contributed by atoms with E-state index in [1.54, 1.807) is 6.92 Å². The van der Waals surface area contributed by atoms with Crippen LogP contribution >= 0.6 is 0 Å². The van der Waals surface area contributed by atoms with Gasteiger partial charge in [0.1, 0.15) is 0 Å². The Balaban J connectivity index is 3.20. The molecule has 1 aromatic carbocycles. The number of benzene rings is 1. The summed E-state index contributed by atoms with van der Waals surface area (Å²) in [5.74, 6) is 2.83. The molecule has 5 heteroatoms. The number of carbonyl (C=O) groups is 2. The molecule has 0 saturated heterocycles. The molecule has 14 heavy (non-hydrogen) atoms. The Bertz CT molecular complexity index is 386. The fourth-order valence-electron chi connectivity index (χ4n) is 1.09. The number of aromatic carboxylic acids is 1. The third-order valence-corrected chi connectivity index (χ3v) is 1.67. The quantitative estimate of drug-likeness (QED) is 0.679. The van der Waals surface area contributed by atoms with E-state index in [1.807, 2.05) is 0 Å². The van der Waals surface area contributed by atoms with Crippen molar-refractivity contribution in [2.24, 2.45) is 5.90 Å².